The van der Waals surface area contributed by atoms with Gasteiger partial charge in [0.1, 0.15) is 5.69 Å². The summed E-state index contributed by atoms with van der Waals surface area (Å²) in [5.74, 6) is 0.919. The minimum atomic E-state index is -0.0763. The Labute approximate surface area is 141 Å². The largest absolute Gasteiger partial charge is 0.390 e. The molecule has 4 unspecified atom stereocenters. The van der Waals surface area contributed by atoms with Crippen LogP contribution < -0.4 is 0 Å². The van der Waals surface area contributed by atoms with Gasteiger partial charge in [0.25, 0.3) is 0 Å². The van der Waals surface area contributed by atoms with Gasteiger partial charge in [0, 0.05) is 25.7 Å². The van der Waals surface area contributed by atoms with Crippen molar-refractivity contribution in [2.75, 3.05) is 39.4 Å². The molecule has 2 bridgehead atoms. The molecule has 24 heavy (non-hydrogen) atoms. The molecule has 0 spiro atoms. The molecule has 1 aromatic heterocycles. The molecule has 4 saturated heterocycles. The summed E-state index contributed by atoms with van der Waals surface area (Å²) in [6.07, 6.45) is 3.95. The standard InChI is InChI=1S/C16H25N5O3/c22-11-13-8-21(18-17-13)9-14-7-12-1-2-20(14)10-15(12)16(23)19-3-5-24-6-4-19/h8,12,14-15,22H,1-7,9-11H2. The van der Waals surface area contributed by atoms with Crippen LogP contribution in [0.25, 0.3) is 0 Å². The van der Waals surface area contributed by atoms with Gasteiger partial charge in [-0.1, -0.05) is 5.21 Å². The summed E-state index contributed by atoms with van der Waals surface area (Å²) in [4.78, 5) is 17.3. The third kappa shape index (κ3) is 3.05. The fraction of sp³-hybridized carbons (Fsp3) is 0.812. The number of ether oxygens (including phenoxy) is 1. The Hall–Kier alpha value is -1.51. The maximum Gasteiger partial charge on any atom is 0.227 e. The number of piperidine rings is 3. The van der Waals surface area contributed by atoms with Crippen LogP contribution in [0.2, 0.25) is 0 Å². The monoisotopic (exact) mass is 335 g/mol. The molecule has 8 nitrogen and oxygen atoms in total. The first-order valence-electron chi connectivity index (χ1n) is 8.85. The smallest absolute Gasteiger partial charge is 0.227 e. The van der Waals surface area contributed by atoms with E-state index in [-0.39, 0.29) is 12.5 Å². The molecule has 0 radical (unpaired) electrons. The first-order valence-corrected chi connectivity index (χ1v) is 8.85. The molecule has 0 aliphatic carbocycles. The second kappa shape index (κ2) is 6.78. The molecule has 4 aliphatic heterocycles. The molecule has 132 valence electrons. The maximum atomic E-state index is 12.8. The number of hydrogen-bond acceptors (Lipinski definition) is 6. The second-order valence-electron chi connectivity index (χ2n) is 7.07. The molecule has 8 heteroatoms. The van der Waals surface area contributed by atoms with Crippen molar-refractivity contribution in [1.29, 1.82) is 0 Å². The molecular weight excluding hydrogens is 310 g/mol. The molecule has 5 rings (SSSR count). The van der Waals surface area contributed by atoms with Crippen LogP contribution in [-0.4, -0.2) is 81.2 Å². The van der Waals surface area contributed by atoms with E-state index in [9.17, 15) is 4.79 Å². The van der Waals surface area contributed by atoms with Crippen LogP contribution in [0.5, 0.6) is 0 Å². The minimum absolute atomic E-state index is 0.0763. The quantitative estimate of drug-likeness (QED) is 0.786. The Kier molecular flexibility index (Phi) is 4.51. The number of morpholine rings is 1. The minimum Gasteiger partial charge on any atom is -0.390 e. The molecule has 1 amide bonds. The fourth-order valence-electron chi connectivity index (χ4n) is 4.34. The molecule has 0 aromatic carbocycles. The Morgan fingerprint density at radius 1 is 1.33 bits per heavy atom. The normalized spacial score (nSPS) is 33.0. The van der Waals surface area contributed by atoms with Crippen molar-refractivity contribution < 1.29 is 14.6 Å². The molecular formula is C16H25N5O3. The molecule has 4 fully saturated rings. The number of rotatable bonds is 4. The van der Waals surface area contributed by atoms with E-state index in [2.05, 4.69) is 15.2 Å². The van der Waals surface area contributed by atoms with Crippen LogP contribution >= 0.6 is 0 Å². The second-order valence-corrected chi connectivity index (χ2v) is 7.07. The van der Waals surface area contributed by atoms with Crippen LogP contribution in [0.1, 0.15) is 18.5 Å². The summed E-state index contributed by atoms with van der Waals surface area (Å²) < 4.78 is 7.17. The van der Waals surface area contributed by atoms with Crippen molar-refractivity contribution in [2.24, 2.45) is 11.8 Å². The lowest BCUT2D eigenvalue weighted by Gasteiger charge is -2.50. The van der Waals surface area contributed by atoms with Crippen molar-refractivity contribution in [2.45, 2.75) is 32.0 Å². The molecule has 5 heterocycles. The highest BCUT2D eigenvalue weighted by molar-refractivity contribution is 5.79. The molecule has 1 N–H and O–H groups in total. The summed E-state index contributed by atoms with van der Waals surface area (Å²) in [6, 6.07) is 0.408. The molecule has 4 atom stereocenters. The first-order chi connectivity index (χ1) is 11.7. The predicted octanol–water partition coefficient (Wildman–Crippen LogP) is -0.660. The fourth-order valence-corrected chi connectivity index (χ4v) is 4.34. The lowest BCUT2D eigenvalue weighted by atomic mass is 9.75. The summed E-state index contributed by atoms with van der Waals surface area (Å²) in [5, 5.41) is 17.1. The average Bonchev–Trinajstić information content (AvgIpc) is 3.10. The highest BCUT2D eigenvalue weighted by Crippen LogP contribution is 2.37. The Morgan fingerprint density at radius 3 is 2.83 bits per heavy atom. The average molecular weight is 335 g/mol. The number of aliphatic hydroxyl groups is 1. The molecule has 4 aliphatic rings. The number of carbonyl (C=O) groups is 1. The number of aromatic nitrogens is 3. The lowest BCUT2D eigenvalue weighted by molar-refractivity contribution is -0.148. The lowest BCUT2D eigenvalue weighted by Crippen LogP contribution is -2.59. The number of hydrogen-bond donors (Lipinski definition) is 1. The Bertz CT molecular complexity index is 586. The number of amides is 1. The number of nitrogens with zero attached hydrogens (tertiary/aromatic N) is 5. The summed E-state index contributed by atoms with van der Waals surface area (Å²) in [6.45, 7) is 5.40. The van der Waals surface area contributed by atoms with Crippen molar-refractivity contribution in [3.8, 4) is 0 Å². The van der Waals surface area contributed by atoms with Gasteiger partial charge < -0.3 is 14.7 Å². The zero-order valence-corrected chi connectivity index (χ0v) is 13.9. The van der Waals surface area contributed by atoms with Crippen molar-refractivity contribution >= 4 is 5.91 Å². The zero-order chi connectivity index (χ0) is 16.5. The van der Waals surface area contributed by atoms with E-state index in [4.69, 9.17) is 9.84 Å². The van der Waals surface area contributed by atoms with Crippen LogP contribution in [0, 0.1) is 11.8 Å². The Balaban J connectivity index is 1.39. The predicted molar refractivity (Wildman–Crippen MR) is 84.9 cm³/mol. The van der Waals surface area contributed by atoms with E-state index >= 15 is 0 Å². The van der Waals surface area contributed by atoms with Crippen molar-refractivity contribution in [3.05, 3.63) is 11.9 Å². The van der Waals surface area contributed by atoms with Gasteiger partial charge in [0.2, 0.25) is 5.91 Å². The van der Waals surface area contributed by atoms with E-state index in [1.165, 1.54) is 0 Å². The third-order valence-electron chi connectivity index (χ3n) is 5.66. The molecule has 1 aromatic rings. The first kappa shape index (κ1) is 16.0. The zero-order valence-electron chi connectivity index (χ0n) is 13.9. The summed E-state index contributed by atoms with van der Waals surface area (Å²) >= 11 is 0. The van der Waals surface area contributed by atoms with Gasteiger partial charge in [-0.25, -0.2) is 0 Å². The summed E-state index contributed by atoms with van der Waals surface area (Å²) in [7, 11) is 0. The van der Waals surface area contributed by atoms with E-state index in [0.717, 1.165) is 45.6 Å². The van der Waals surface area contributed by atoms with Gasteiger partial charge in [-0.15, -0.1) is 5.10 Å². The van der Waals surface area contributed by atoms with Gasteiger partial charge in [-0.05, 0) is 25.3 Å². The van der Waals surface area contributed by atoms with Gasteiger partial charge in [0.15, 0.2) is 0 Å². The third-order valence-corrected chi connectivity index (χ3v) is 5.66. The molecule has 0 saturated carbocycles. The van der Waals surface area contributed by atoms with Gasteiger partial charge >= 0.3 is 0 Å². The van der Waals surface area contributed by atoms with Crippen molar-refractivity contribution in [3.63, 3.8) is 0 Å². The van der Waals surface area contributed by atoms with E-state index in [1.54, 1.807) is 6.20 Å². The number of aliphatic hydroxyl groups excluding tert-OH is 1. The van der Waals surface area contributed by atoms with E-state index in [1.807, 2.05) is 9.58 Å². The summed E-state index contributed by atoms with van der Waals surface area (Å²) in [5.41, 5.74) is 0.603. The van der Waals surface area contributed by atoms with Crippen LogP contribution in [-0.2, 0) is 22.7 Å². The SMILES string of the molecule is O=C(C1CN2CCC1CC2Cn1cc(CO)nn1)N1CCOCC1. The number of fused-ring (bicyclic) bond motifs is 3. The highest BCUT2D eigenvalue weighted by atomic mass is 16.5. The van der Waals surface area contributed by atoms with Gasteiger partial charge in [-0.2, -0.15) is 0 Å². The Morgan fingerprint density at radius 2 is 2.17 bits per heavy atom. The topological polar surface area (TPSA) is 83.7 Å². The number of carbonyl (C=O) groups excluding carboxylic acids is 1. The van der Waals surface area contributed by atoms with Gasteiger partial charge in [0.05, 0.1) is 38.5 Å². The van der Waals surface area contributed by atoms with Crippen LogP contribution in [0.15, 0.2) is 6.20 Å². The highest BCUT2D eigenvalue weighted by Gasteiger charge is 2.44. The van der Waals surface area contributed by atoms with E-state index in [0.29, 0.717) is 36.8 Å². The van der Waals surface area contributed by atoms with Crippen LogP contribution in [0.3, 0.4) is 0 Å². The van der Waals surface area contributed by atoms with E-state index < -0.39 is 0 Å². The van der Waals surface area contributed by atoms with Crippen LogP contribution in [0.4, 0.5) is 0 Å². The maximum absolute atomic E-state index is 12.8. The van der Waals surface area contributed by atoms with Crippen molar-refractivity contribution in [1.82, 2.24) is 24.8 Å². The van der Waals surface area contributed by atoms with Gasteiger partial charge in [-0.3, -0.25) is 14.4 Å².